The summed E-state index contributed by atoms with van der Waals surface area (Å²) in [6, 6.07) is 44.8. The first kappa shape index (κ1) is 26.3. The molecule has 0 bridgehead atoms. The predicted octanol–water partition coefficient (Wildman–Crippen LogP) is 6.71. The SMILES string of the molecule is Cc1c(P(=O)(c2ccccc2)c2ccccc2)n(/C(=C\c2ccccc2)[Se]c2ccccc2)c2ccc(F)cc12. The van der Waals surface area contributed by atoms with Crippen molar-refractivity contribution in [3.63, 3.8) is 0 Å². The number of hydrogen-bond donors (Lipinski definition) is 0. The van der Waals surface area contributed by atoms with Gasteiger partial charge in [0.05, 0.1) is 0 Å². The maximum absolute atomic E-state index is 15.8. The molecule has 0 fully saturated rings. The summed E-state index contributed by atoms with van der Waals surface area (Å²) in [7, 11) is -3.39. The van der Waals surface area contributed by atoms with Crippen LogP contribution in [0, 0.1) is 12.7 Å². The molecular formula is C35H27FNOPSe. The van der Waals surface area contributed by atoms with Crippen LogP contribution in [0.25, 0.3) is 21.6 Å². The number of benzene rings is 5. The van der Waals surface area contributed by atoms with Gasteiger partial charge in [0.25, 0.3) is 0 Å². The molecule has 6 rings (SSSR count). The Bertz CT molecular complexity index is 1810. The normalized spacial score (nSPS) is 12.1. The Morgan fingerprint density at radius 2 is 1.25 bits per heavy atom. The second kappa shape index (κ2) is 11.3. The first-order chi connectivity index (χ1) is 19.6. The minimum absolute atomic E-state index is 0.142. The van der Waals surface area contributed by atoms with E-state index in [9.17, 15) is 4.39 Å². The van der Waals surface area contributed by atoms with Crippen molar-refractivity contribution < 1.29 is 8.96 Å². The van der Waals surface area contributed by atoms with E-state index in [1.807, 2.05) is 110 Å². The number of hydrogen-bond acceptors (Lipinski definition) is 1. The van der Waals surface area contributed by atoms with Crippen molar-refractivity contribution >= 4 is 64.2 Å². The van der Waals surface area contributed by atoms with Gasteiger partial charge in [-0.25, -0.2) is 0 Å². The number of rotatable bonds is 7. The van der Waals surface area contributed by atoms with Crippen LogP contribution in [0.4, 0.5) is 4.39 Å². The van der Waals surface area contributed by atoms with E-state index in [0.717, 1.165) is 37.2 Å². The van der Waals surface area contributed by atoms with E-state index >= 15 is 4.57 Å². The number of nitrogens with zero attached hydrogens (tertiary/aromatic N) is 1. The maximum atomic E-state index is 15.8. The third-order valence-electron chi connectivity index (χ3n) is 6.96. The fourth-order valence-electron chi connectivity index (χ4n) is 5.12. The van der Waals surface area contributed by atoms with Gasteiger partial charge in [0, 0.05) is 0 Å². The molecule has 1 heterocycles. The fraction of sp³-hybridized carbons (Fsp3) is 0.0286. The van der Waals surface area contributed by atoms with E-state index in [0.29, 0.717) is 5.44 Å². The molecule has 0 unspecified atom stereocenters. The van der Waals surface area contributed by atoms with Crippen molar-refractivity contribution in [3.05, 3.63) is 156 Å². The molecule has 6 aromatic rings. The molecule has 0 amide bonds. The Labute approximate surface area is 240 Å². The summed E-state index contributed by atoms with van der Waals surface area (Å²) in [6.07, 6.45) is 2.18. The quantitative estimate of drug-likeness (QED) is 0.146. The minimum atomic E-state index is -3.39. The van der Waals surface area contributed by atoms with E-state index in [1.165, 1.54) is 10.5 Å². The molecule has 0 aliphatic rings. The third kappa shape index (κ3) is 4.91. The first-order valence-corrected chi connectivity index (χ1v) is 16.5. The third-order valence-corrected chi connectivity index (χ3v) is 12.3. The number of fused-ring (bicyclic) bond motifs is 1. The summed E-state index contributed by atoms with van der Waals surface area (Å²) in [4.78, 5) is 0. The van der Waals surface area contributed by atoms with E-state index < -0.39 is 7.14 Å². The molecule has 0 atom stereocenters. The van der Waals surface area contributed by atoms with Crippen LogP contribution < -0.4 is 20.5 Å². The van der Waals surface area contributed by atoms with Crippen LogP contribution in [0.1, 0.15) is 11.1 Å². The first-order valence-electron chi connectivity index (χ1n) is 13.1. The summed E-state index contributed by atoms with van der Waals surface area (Å²) < 4.78 is 34.9. The van der Waals surface area contributed by atoms with Gasteiger partial charge >= 0.3 is 241 Å². The topological polar surface area (TPSA) is 22.0 Å². The molecule has 0 saturated carbocycles. The Balaban J connectivity index is 1.74. The molecule has 40 heavy (non-hydrogen) atoms. The number of aryl methyl sites for hydroxylation is 1. The standard InChI is InChI=1S/C35H27FNOPSe/c1-26-32-25-28(36)22-23-33(32)37(34(24-27-14-6-2-7-15-27)40-31-20-12-5-13-21-31)35(26)39(38,29-16-8-3-9-17-29)30-18-10-4-11-19-30/h2-25H,1H3/b34-24+. The molecular weight excluding hydrogens is 579 g/mol. The molecule has 0 aliphatic heterocycles. The molecule has 0 N–H and O–H groups in total. The molecule has 196 valence electrons. The zero-order valence-corrected chi connectivity index (χ0v) is 24.6. The van der Waals surface area contributed by atoms with E-state index in [2.05, 4.69) is 34.9 Å². The zero-order valence-electron chi connectivity index (χ0n) is 21.9. The summed E-state index contributed by atoms with van der Waals surface area (Å²) in [5, 5.41) is 2.27. The molecule has 2 nitrogen and oxygen atoms in total. The summed E-state index contributed by atoms with van der Waals surface area (Å²) >= 11 is -0.142. The van der Waals surface area contributed by atoms with Gasteiger partial charge < -0.3 is 0 Å². The van der Waals surface area contributed by atoms with Crippen molar-refractivity contribution in [1.82, 2.24) is 4.57 Å². The van der Waals surface area contributed by atoms with Gasteiger partial charge in [0.15, 0.2) is 0 Å². The van der Waals surface area contributed by atoms with Crippen LogP contribution in [-0.4, -0.2) is 19.5 Å². The predicted molar refractivity (Wildman–Crippen MR) is 168 cm³/mol. The van der Waals surface area contributed by atoms with Gasteiger partial charge in [-0.1, -0.05) is 0 Å². The second-order valence-electron chi connectivity index (χ2n) is 9.53. The van der Waals surface area contributed by atoms with Crippen molar-refractivity contribution in [1.29, 1.82) is 0 Å². The molecule has 5 heteroatoms. The van der Waals surface area contributed by atoms with Gasteiger partial charge in [-0.15, -0.1) is 0 Å². The van der Waals surface area contributed by atoms with E-state index in [-0.39, 0.29) is 20.8 Å². The monoisotopic (exact) mass is 607 g/mol. The van der Waals surface area contributed by atoms with E-state index in [4.69, 9.17) is 0 Å². The van der Waals surface area contributed by atoms with Gasteiger partial charge in [-0.2, -0.15) is 0 Å². The molecule has 5 aromatic carbocycles. The van der Waals surface area contributed by atoms with Crippen LogP contribution in [0.2, 0.25) is 0 Å². The van der Waals surface area contributed by atoms with Gasteiger partial charge in [-0.3, -0.25) is 0 Å². The van der Waals surface area contributed by atoms with Gasteiger partial charge in [0.2, 0.25) is 0 Å². The molecule has 1 aromatic heterocycles. The number of halogens is 1. The van der Waals surface area contributed by atoms with Gasteiger partial charge in [0.1, 0.15) is 0 Å². The van der Waals surface area contributed by atoms with Crippen molar-refractivity contribution in [2.45, 2.75) is 6.92 Å². The Morgan fingerprint density at radius 1 is 0.725 bits per heavy atom. The summed E-state index contributed by atoms with van der Waals surface area (Å²) in [5.74, 6) is -0.310. The molecule has 0 saturated heterocycles. The van der Waals surface area contributed by atoms with Crippen LogP contribution in [0.15, 0.2) is 140 Å². The average Bonchev–Trinajstić information content (AvgIpc) is 3.30. The van der Waals surface area contributed by atoms with Crippen LogP contribution in [0.3, 0.4) is 0 Å². The Hall–Kier alpha value is -3.94. The van der Waals surface area contributed by atoms with Crippen molar-refractivity contribution in [2.75, 3.05) is 0 Å². The van der Waals surface area contributed by atoms with Crippen molar-refractivity contribution in [3.8, 4) is 0 Å². The Morgan fingerprint density at radius 3 is 1.82 bits per heavy atom. The van der Waals surface area contributed by atoms with Crippen LogP contribution in [0.5, 0.6) is 0 Å². The number of aromatic nitrogens is 1. The van der Waals surface area contributed by atoms with E-state index in [1.54, 1.807) is 6.07 Å². The summed E-state index contributed by atoms with van der Waals surface area (Å²) in [5.41, 5.74) is 3.44. The fourth-order valence-corrected chi connectivity index (χ4v) is 10.4. The average molecular weight is 607 g/mol. The molecule has 0 spiro atoms. The Kier molecular flexibility index (Phi) is 7.41. The second-order valence-corrected chi connectivity index (χ2v) is 14.5. The van der Waals surface area contributed by atoms with Crippen LogP contribution in [-0.2, 0) is 4.57 Å². The zero-order chi connectivity index (χ0) is 27.5. The van der Waals surface area contributed by atoms with Crippen LogP contribution >= 0.6 is 7.14 Å². The molecule has 0 radical (unpaired) electrons. The van der Waals surface area contributed by atoms with Gasteiger partial charge in [-0.05, 0) is 0 Å². The molecule has 0 aliphatic carbocycles. The van der Waals surface area contributed by atoms with Crippen molar-refractivity contribution in [2.24, 2.45) is 0 Å². The summed E-state index contributed by atoms with van der Waals surface area (Å²) in [6.45, 7) is 1.97.